The fourth-order valence-corrected chi connectivity index (χ4v) is 2.28. The number of nitrogens with two attached hydrogens (primary N) is 1. The average Bonchev–Trinajstić information content (AvgIpc) is 2.42. The fourth-order valence-electron chi connectivity index (χ4n) is 1.97. The van der Waals surface area contributed by atoms with Gasteiger partial charge in [-0.05, 0) is 28.4 Å². The van der Waals surface area contributed by atoms with Gasteiger partial charge < -0.3 is 16.2 Å². The lowest BCUT2D eigenvalue weighted by atomic mass is 10.1. The molecule has 2 rings (SSSR count). The molecule has 108 valence electrons. The van der Waals surface area contributed by atoms with Crippen LogP contribution in [0.1, 0.15) is 26.2 Å². The molecule has 0 aromatic carbocycles. The first-order valence-corrected chi connectivity index (χ1v) is 7.39. The highest BCUT2D eigenvalue weighted by Crippen LogP contribution is 2.23. The normalized spacial score (nSPS) is 12.6. The maximum absolute atomic E-state index is 9.43. The molecule has 2 aromatic rings. The molecule has 0 bridgehead atoms. The Morgan fingerprint density at radius 1 is 1.45 bits per heavy atom. The zero-order chi connectivity index (χ0) is 14.5. The minimum absolute atomic E-state index is 0.0436. The predicted octanol–water partition coefficient (Wildman–Crippen LogP) is 2.33. The van der Waals surface area contributed by atoms with E-state index < -0.39 is 0 Å². The second-order valence-corrected chi connectivity index (χ2v) is 5.53. The van der Waals surface area contributed by atoms with E-state index in [-0.39, 0.29) is 18.6 Å². The van der Waals surface area contributed by atoms with Crippen molar-refractivity contribution in [3.8, 4) is 0 Å². The van der Waals surface area contributed by atoms with E-state index in [1.165, 1.54) is 0 Å². The Morgan fingerprint density at radius 3 is 2.95 bits per heavy atom. The number of pyridine rings is 1. The number of hydrogen-bond donors (Lipinski definition) is 3. The van der Waals surface area contributed by atoms with Crippen molar-refractivity contribution >= 4 is 38.7 Å². The van der Waals surface area contributed by atoms with Crippen molar-refractivity contribution in [2.75, 3.05) is 17.7 Å². The number of hydrogen-bond acceptors (Lipinski definition) is 6. The van der Waals surface area contributed by atoms with E-state index in [9.17, 15) is 5.11 Å². The maximum Gasteiger partial charge on any atom is 0.222 e. The summed E-state index contributed by atoms with van der Waals surface area (Å²) in [6.07, 6.45) is 4.67. The number of rotatable bonds is 6. The molecular formula is C13H18BrN5O. The number of fused-ring (bicyclic) bond motifs is 1. The summed E-state index contributed by atoms with van der Waals surface area (Å²) >= 11 is 3.36. The van der Waals surface area contributed by atoms with Gasteiger partial charge >= 0.3 is 0 Å². The molecule has 0 aliphatic carbocycles. The van der Waals surface area contributed by atoms with Crippen LogP contribution in [0, 0.1) is 0 Å². The van der Waals surface area contributed by atoms with Crippen molar-refractivity contribution in [2.24, 2.45) is 0 Å². The van der Waals surface area contributed by atoms with Gasteiger partial charge in [0, 0.05) is 10.7 Å². The molecule has 20 heavy (non-hydrogen) atoms. The van der Waals surface area contributed by atoms with Crippen LogP contribution in [0.2, 0.25) is 0 Å². The number of unbranched alkanes of at least 4 members (excludes halogenated alkanes) is 1. The summed E-state index contributed by atoms with van der Waals surface area (Å²) in [6.45, 7) is 2.16. The third kappa shape index (κ3) is 3.55. The largest absolute Gasteiger partial charge is 0.394 e. The van der Waals surface area contributed by atoms with Crippen LogP contribution in [0.15, 0.2) is 16.7 Å². The van der Waals surface area contributed by atoms with Crippen molar-refractivity contribution in [3.05, 3.63) is 16.7 Å². The number of aliphatic hydroxyl groups excluding tert-OH is 1. The number of aromatic nitrogens is 3. The van der Waals surface area contributed by atoms with E-state index in [2.05, 4.69) is 43.1 Å². The van der Waals surface area contributed by atoms with Crippen LogP contribution in [-0.4, -0.2) is 32.7 Å². The summed E-state index contributed by atoms with van der Waals surface area (Å²) in [4.78, 5) is 12.7. The van der Waals surface area contributed by atoms with Gasteiger partial charge in [0.25, 0.3) is 0 Å². The molecular weight excluding hydrogens is 322 g/mol. The molecule has 0 fully saturated rings. The monoisotopic (exact) mass is 339 g/mol. The van der Waals surface area contributed by atoms with Crippen molar-refractivity contribution in [2.45, 2.75) is 32.2 Å². The summed E-state index contributed by atoms with van der Waals surface area (Å²) in [6, 6.07) is 1.78. The lowest BCUT2D eigenvalue weighted by Gasteiger charge is -2.17. The zero-order valence-corrected chi connectivity index (χ0v) is 12.9. The second kappa shape index (κ2) is 6.81. The Balaban J connectivity index is 2.32. The van der Waals surface area contributed by atoms with E-state index in [1.807, 2.05) is 6.07 Å². The van der Waals surface area contributed by atoms with E-state index in [4.69, 9.17) is 5.73 Å². The van der Waals surface area contributed by atoms with Crippen LogP contribution in [0.25, 0.3) is 11.0 Å². The highest BCUT2D eigenvalue weighted by atomic mass is 79.9. The van der Waals surface area contributed by atoms with Crippen molar-refractivity contribution in [3.63, 3.8) is 0 Å². The molecule has 1 unspecified atom stereocenters. The third-order valence-corrected chi connectivity index (χ3v) is 3.42. The first-order chi connectivity index (χ1) is 9.63. The van der Waals surface area contributed by atoms with Crippen molar-refractivity contribution in [1.29, 1.82) is 0 Å². The number of nitrogen functional groups attached to an aromatic ring is 1. The molecule has 4 N–H and O–H groups in total. The van der Waals surface area contributed by atoms with E-state index in [0.29, 0.717) is 16.9 Å². The van der Waals surface area contributed by atoms with Crippen LogP contribution in [0.4, 0.5) is 11.8 Å². The lowest BCUT2D eigenvalue weighted by molar-refractivity contribution is 0.267. The Hall–Kier alpha value is -1.47. The molecule has 0 aliphatic heterocycles. The molecule has 0 saturated carbocycles. The number of halogens is 1. The molecule has 1 atom stereocenters. The molecule has 6 nitrogen and oxygen atoms in total. The van der Waals surface area contributed by atoms with Gasteiger partial charge in [-0.25, -0.2) is 9.97 Å². The summed E-state index contributed by atoms with van der Waals surface area (Å²) in [5.74, 6) is 0.752. The Kier molecular flexibility index (Phi) is 5.08. The first kappa shape index (κ1) is 14.9. The van der Waals surface area contributed by atoms with Crippen LogP contribution >= 0.6 is 15.9 Å². The highest BCUT2D eigenvalue weighted by molar-refractivity contribution is 9.10. The number of nitrogens with zero attached hydrogens (tertiary/aromatic N) is 3. The van der Waals surface area contributed by atoms with Gasteiger partial charge in [0.1, 0.15) is 5.52 Å². The van der Waals surface area contributed by atoms with Crippen LogP contribution in [0.5, 0.6) is 0 Å². The zero-order valence-electron chi connectivity index (χ0n) is 11.3. The lowest BCUT2D eigenvalue weighted by Crippen LogP contribution is -2.24. The number of aliphatic hydroxyl groups is 1. The molecule has 0 saturated heterocycles. The van der Waals surface area contributed by atoms with E-state index >= 15 is 0 Å². The number of anilines is 2. The second-order valence-electron chi connectivity index (χ2n) is 4.62. The molecule has 0 amide bonds. The molecule has 0 aliphatic rings. The third-order valence-electron chi connectivity index (χ3n) is 2.99. The topological polar surface area (TPSA) is 97.0 Å². The van der Waals surface area contributed by atoms with Crippen LogP contribution in [0.3, 0.4) is 0 Å². The SMILES string of the molecule is CCCCC(CO)Nc1nc(N)nc2cc(Br)cnc12. The molecule has 7 heteroatoms. The maximum atomic E-state index is 9.43. The summed E-state index contributed by atoms with van der Waals surface area (Å²) in [7, 11) is 0. The number of nitrogens with one attached hydrogen (secondary N) is 1. The van der Waals surface area contributed by atoms with Gasteiger partial charge in [0.05, 0.1) is 18.2 Å². The van der Waals surface area contributed by atoms with E-state index in [1.54, 1.807) is 6.20 Å². The summed E-state index contributed by atoms with van der Waals surface area (Å²) < 4.78 is 0.832. The standard InChI is InChI=1S/C13H18BrN5O/c1-2-3-4-9(7-20)17-12-11-10(18-13(15)19-12)5-8(14)6-16-11/h5-6,9,20H,2-4,7H2,1H3,(H3,15,17,18,19). The quantitative estimate of drug-likeness (QED) is 0.747. The Morgan fingerprint density at radius 2 is 2.25 bits per heavy atom. The molecule has 2 heterocycles. The smallest absolute Gasteiger partial charge is 0.222 e. The Bertz CT molecular complexity index is 587. The van der Waals surface area contributed by atoms with Gasteiger partial charge in [-0.2, -0.15) is 4.98 Å². The minimum atomic E-state index is -0.0575. The van der Waals surface area contributed by atoms with Crippen molar-refractivity contribution in [1.82, 2.24) is 15.0 Å². The van der Waals surface area contributed by atoms with Gasteiger partial charge in [-0.15, -0.1) is 0 Å². The average molecular weight is 340 g/mol. The van der Waals surface area contributed by atoms with Gasteiger partial charge in [-0.1, -0.05) is 19.8 Å². The molecule has 0 radical (unpaired) electrons. The van der Waals surface area contributed by atoms with Gasteiger partial charge in [0.2, 0.25) is 5.95 Å². The fraction of sp³-hybridized carbons (Fsp3) is 0.462. The highest BCUT2D eigenvalue weighted by Gasteiger charge is 2.13. The van der Waals surface area contributed by atoms with Crippen LogP contribution < -0.4 is 11.1 Å². The van der Waals surface area contributed by atoms with Gasteiger partial charge in [-0.3, -0.25) is 0 Å². The molecule has 2 aromatic heterocycles. The van der Waals surface area contributed by atoms with Crippen molar-refractivity contribution < 1.29 is 5.11 Å². The summed E-state index contributed by atoms with van der Waals surface area (Å²) in [5.41, 5.74) is 7.04. The summed E-state index contributed by atoms with van der Waals surface area (Å²) in [5, 5.41) is 12.6. The predicted molar refractivity (Wildman–Crippen MR) is 83.5 cm³/mol. The Labute approximate surface area is 126 Å². The van der Waals surface area contributed by atoms with Crippen LogP contribution in [-0.2, 0) is 0 Å². The van der Waals surface area contributed by atoms with E-state index in [0.717, 1.165) is 23.7 Å². The minimum Gasteiger partial charge on any atom is -0.394 e. The molecule has 0 spiro atoms. The first-order valence-electron chi connectivity index (χ1n) is 6.60. The van der Waals surface area contributed by atoms with Gasteiger partial charge in [0.15, 0.2) is 5.82 Å².